The van der Waals surface area contributed by atoms with Gasteiger partial charge in [0.15, 0.2) is 0 Å². The van der Waals surface area contributed by atoms with E-state index in [2.05, 4.69) is 0 Å². The molecule has 2 rings (SSSR count). The summed E-state index contributed by atoms with van der Waals surface area (Å²) < 4.78 is 32.3. The number of nitrogens with zero attached hydrogens (tertiary/aromatic N) is 1. The van der Waals surface area contributed by atoms with Gasteiger partial charge < -0.3 is 4.74 Å². The molecule has 124 valence electrons. The Kier molecular flexibility index (Phi) is 5.34. The van der Waals surface area contributed by atoms with Gasteiger partial charge in [0.2, 0.25) is 10.0 Å². The van der Waals surface area contributed by atoms with Gasteiger partial charge in [-0.25, -0.2) is 8.42 Å². The number of ether oxygens (including phenoxy) is 1. The van der Waals surface area contributed by atoms with Crippen LogP contribution in [-0.4, -0.2) is 26.9 Å². The highest BCUT2D eigenvalue weighted by Gasteiger charge is 2.25. The second kappa shape index (κ2) is 6.91. The van der Waals surface area contributed by atoms with E-state index < -0.39 is 10.0 Å². The summed E-state index contributed by atoms with van der Waals surface area (Å²) in [6.07, 6.45) is 0. The summed E-state index contributed by atoms with van der Waals surface area (Å²) in [5.41, 5.74) is 2.22. The minimum absolute atomic E-state index is 0.282. The van der Waals surface area contributed by atoms with Crippen molar-refractivity contribution in [2.75, 3.05) is 14.2 Å². The average Bonchev–Trinajstić information content (AvgIpc) is 2.48. The van der Waals surface area contributed by atoms with Crippen molar-refractivity contribution < 1.29 is 13.2 Å². The highest BCUT2D eigenvalue weighted by molar-refractivity contribution is 7.89. The van der Waals surface area contributed by atoms with Crippen molar-refractivity contribution in [2.24, 2.45) is 0 Å². The maximum atomic E-state index is 12.9. The van der Waals surface area contributed by atoms with Crippen molar-refractivity contribution in [1.82, 2.24) is 4.31 Å². The number of benzene rings is 2. The van der Waals surface area contributed by atoms with Crippen molar-refractivity contribution in [2.45, 2.75) is 25.3 Å². The molecular weight excluding hydrogens is 334 g/mol. The molecule has 0 bridgehead atoms. The molecule has 0 aliphatic heterocycles. The highest BCUT2D eigenvalue weighted by Crippen LogP contribution is 2.28. The van der Waals surface area contributed by atoms with E-state index in [4.69, 9.17) is 16.3 Å². The van der Waals surface area contributed by atoms with Gasteiger partial charge in [0.05, 0.1) is 12.0 Å². The van der Waals surface area contributed by atoms with Gasteiger partial charge in [0.25, 0.3) is 0 Å². The van der Waals surface area contributed by atoms with Crippen molar-refractivity contribution in [3.05, 3.63) is 58.1 Å². The zero-order chi connectivity index (χ0) is 17.2. The van der Waals surface area contributed by atoms with Gasteiger partial charge >= 0.3 is 0 Å². The number of hydrogen-bond donors (Lipinski definition) is 0. The third-order valence-corrected chi connectivity index (χ3v) is 6.02. The summed E-state index contributed by atoms with van der Waals surface area (Å²) in [5, 5.41) is 0.626. The van der Waals surface area contributed by atoms with Gasteiger partial charge in [0.1, 0.15) is 5.75 Å². The topological polar surface area (TPSA) is 46.6 Å². The maximum Gasteiger partial charge on any atom is 0.243 e. The normalized spacial score (nSPS) is 11.7. The maximum absolute atomic E-state index is 12.9. The number of hydrogen-bond acceptors (Lipinski definition) is 3. The molecule has 0 saturated heterocycles. The number of sulfonamides is 1. The molecule has 0 aliphatic carbocycles. The molecule has 0 aliphatic rings. The lowest BCUT2D eigenvalue weighted by Crippen LogP contribution is -2.27. The Bertz CT molecular complexity index is 778. The van der Waals surface area contributed by atoms with Crippen molar-refractivity contribution in [3.63, 3.8) is 0 Å². The Morgan fingerprint density at radius 1 is 1.09 bits per heavy atom. The van der Waals surface area contributed by atoms with Crippen LogP contribution in [-0.2, 0) is 16.6 Å². The zero-order valence-corrected chi connectivity index (χ0v) is 15.2. The quantitative estimate of drug-likeness (QED) is 0.821. The van der Waals surface area contributed by atoms with Crippen molar-refractivity contribution in [3.8, 4) is 5.75 Å². The summed E-state index contributed by atoms with van der Waals surface area (Å²) in [6, 6.07) is 10.6. The third kappa shape index (κ3) is 3.86. The molecule has 0 saturated carbocycles. The number of methoxy groups -OCH3 is 1. The molecule has 0 fully saturated rings. The molecule has 0 radical (unpaired) electrons. The van der Waals surface area contributed by atoms with Crippen molar-refractivity contribution >= 4 is 21.6 Å². The minimum atomic E-state index is -3.59. The lowest BCUT2D eigenvalue weighted by Gasteiger charge is -2.20. The van der Waals surface area contributed by atoms with E-state index in [1.54, 1.807) is 52.3 Å². The first-order valence-corrected chi connectivity index (χ1v) is 8.93. The molecule has 0 spiro atoms. The predicted octanol–water partition coefficient (Wildman–Crippen LogP) is 3.79. The van der Waals surface area contributed by atoms with E-state index in [-0.39, 0.29) is 6.54 Å². The van der Waals surface area contributed by atoms with Crippen LogP contribution in [0.2, 0.25) is 5.02 Å². The van der Waals surface area contributed by atoms with Crippen LogP contribution in [0.25, 0.3) is 0 Å². The molecule has 0 amide bonds. The Balaban J connectivity index is 2.36. The van der Waals surface area contributed by atoms with Crippen LogP contribution in [0, 0.1) is 13.8 Å². The first-order chi connectivity index (χ1) is 10.8. The fourth-order valence-electron chi connectivity index (χ4n) is 2.52. The van der Waals surface area contributed by atoms with Crippen LogP contribution in [0.1, 0.15) is 16.7 Å². The van der Waals surface area contributed by atoms with E-state index >= 15 is 0 Å². The fraction of sp³-hybridized carbons (Fsp3) is 0.294. The lowest BCUT2D eigenvalue weighted by molar-refractivity contribution is 0.413. The van der Waals surface area contributed by atoms with Crippen LogP contribution in [0.4, 0.5) is 0 Å². The van der Waals surface area contributed by atoms with Crippen molar-refractivity contribution in [1.29, 1.82) is 0 Å². The Labute approximate surface area is 142 Å². The van der Waals surface area contributed by atoms with Crippen LogP contribution >= 0.6 is 11.6 Å². The summed E-state index contributed by atoms with van der Waals surface area (Å²) in [6.45, 7) is 3.83. The molecule has 2 aromatic rings. The molecule has 6 heteroatoms. The minimum Gasteiger partial charge on any atom is -0.497 e. The van der Waals surface area contributed by atoms with Crippen LogP contribution in [0.15, 0.2) is 41.3 Å². The second-order valence-electron chi connectivity index (χ2n) is 5.48. The molecule has 0 aromatic heterocycles. The van der Waals surface area contributed by atoms with E-state index in [9.17, 15) is 8.42 Å². The SMILES string of the molecule is COc1cc(C)c(S(=O)(=O)N(C)Cc2ccc(Cl)cc2)c(C)c1. The Morgan fingerprint density at radius 2 is 1.61 bits per heavy atom. The monoisotopic (exact) mass is 353 g/mol. The van der Waals surface area contributed by atoms with E-state index in [1.165, 1.54) is 4.31 Å². The second-order valence-corrected chi connectivity index (χ2v) is 7.90. The average molecular weight is 354 g/mol. The zero-order valence-electron chi connectivity index (χ0n) is 13.6. The first kappa shape index (κ1) is 17.8. The van der Waals surface area contributed by atoms with Gasteiger partial charge in [-0.05, 0) is 54.8 Å². The van der Waals surface area contributed by atoms with Gasteiger partial charge in [-0.15, -0.1) is 0 Å². The van der Waals surface area contributed by atoms with Gasteiger partial charge in [-0.3, -0.25) is 0 Å². The summed E-state index contributed by atoms with van der Waals surface area (Å²) >= 11 is 5.86. The Hall–Kier alpha value is -1.56. The predicted molar refractivity (Wildman–Crippen MR) is 92.6 cm³/mol. The molecule has 0 unspecified atom stereocenters. The van der Waals surface area contributed by atoms with Crippen LogP contribution < -0.4 is 4.74 Å². The smallest absolute Gasteiger partial charge is 0.243 e. The summed E-state index contributed by atoms with van der Waals surface area (Å²) in [5.74, 6) is 0.652. The molecule has 0 heterocycles. The highest BCUT2D eigenvalue weighted by atomic mass is 35.5. The molecular formula is C17H20ClNO3S. The standard InChI is InChI=1S/C17H20ClNO3S/c1-12-9-16(22-4)10-13(2)17(12)23(20,21)19(3)11-14-5-7-15(18)8-6-14/h5-10H,11H2,1-4H3. The van der Waals surface area contributed by atoms with E-state index in [0.29, 0.717) is 26.8 Å². The molecule has 2 aromatic carbocycles. The van der Waals surface area contributed by atoms with Gasteiger partial charge in [-0.1, -0.05) is 23.7 Å². The van der Waals surface area contributed by atoms with Gasteiger partial charge in [0, 0.05) is 18.6 Å². The number of aryl methyl sites for hydroxylation is 2. The fourth-order valence-corrected chi connectivity index (χ4v) is 4.21. The third-order valence-electron chi connectivity index (χ3n) is 3.66. The number of halogens is 1. The van der Waals surface area contributed by atoms with Crippen LogP contribution in [0.5, 0.6) is 5.75 Å². The van der Waals surface area contributed by atoms with Crippen LogP contribution in [0.3, 0.4) is 0 Å². The van der Waals surface area contributed by atoms with Gasteiger partial charge in [-0.2, -0.15) is 4.31 Å². The molecule has 0 atom stereocenters. The molecule has 23 heavy (non-hydrogen) atoms. The Morgan fingerprint density at radius 3 is 2.09 bits per heavy atom. The first-order valence-electron chi connectivity index (χ1n) is 7.11. The lowest BCUT2D eigenvalue weighted by atomic mass is 10.1. The largest absolute Gasteiger partial charge is 0.497 e. The van der Waals surface area contributed by atoms with E-state index in [1.807, 2.05) is 12.1 Å². The molecule has 0 N–H and O–H groups in total. The molecule has 4 nitrogen and oxygen atoms in total. The summed E-state index contributed by atoms with van der Waals surface area (Å²) in [7, 11) is -0.448. The number of rotatable bonds is 5. The summed E-state index contributed by atoms with van der Waals surface area (Å²) in [4.78, 5) is 0.328. The van der Waals surface area contributed by atoms with E-state index in [0.717, 1.165) is 5.56 Å².